The molecule has 2 rings (SSSR count). The van der Waals surface area contributed by atoms with Crippen molar-refractivity contribution in [2.75, 3.05) is 5.73 Å². The zero-order chi connectivity index (χ0) is 12.6. The van der Waals surface area contributed by atoms with Crippen LogP contribution in [0.1, 0.15) is 5.56 Å². The smallest absolute Gasteiger partial charge is 0.297 e. The Morgan fingerprint density at radius 1 is 1.12 bits per heavy atom. The van der Waals surface area contributed by atoms with Gasteiger partial charge in [-0.05, 0) is 17.0 Å². The molecule has 0 unspecified atom stereocenters. The largest absolute Gasteiger partial charge is 0.398 e. The maximum atomic E-state index is 11.3. The predicted molar refractivity (Wildman–Crippen MR) is 66.1 cm³/mol. The molecule has 0 aliphatic heterocycles. The number of nitrogen functional groups attached to an aromatic ring is 1. The van der Waals surface area contributed by atoms with E-state index in [1.807, 2.05) is 0 Å². The molecule has 17 heavy (non-hydrogen) atoms. The Morgan fingerprint density at radius 3 is 2.41 bits per heavy atom. The summed E-state index contributed by atoms with van der Waals surface area (Å²) in [5.41, 5.74) is 12.0. The molecule has 0 fully saturated rings. The fraction of sp³-hybridized carbons (Fsp3) is 0.0909. The lowest BCUT2D eigenvalue weighted by molar-refractivity contribution is 0.484. The van der Waals surface area contributed by atoms with Crippen molar-refractivity contribution in [2.24, 2.45) is 5.73 Å². The number of anilines is 1. The Hall–Kier alpha value is -1.63. The first kappa shape index (κ1) is 11.8. The minimum Gasteiger partial charge on any atom is -0.398 e. The molecular weight excluding hydrogens is 240 g/mol. The van der Waals surface area contributed by atoms with Crippen LogP contribution in [0.3, 0.4) is 0 Å². The van der Waals surface area contributed by atoms with E-state index in [2.05, 4.69) is 0 Å². The highest BCUT2D eigenvalue weighted by Crippen LogP contribution is 2.30. The Labute approximate surface area is 98.8 Å². The second-order valence-corrected chi connectivity index (χ2v) is 5.03. The standard InChI is InChI=1S/C11H12N2O3S/c12-6-7-2-1-3-9-8(7)4-5-10(13)11(9)17(14,15)16/h1-5H,6,12-13H2,(H,14,15,16). The lowest BCUT2D eigenvalue weighted by Crippen LogP contribution is -2.05. The van der Waals surface area contributed by atoms with Crippen LogP contribution in [0.25, 0.3) is 10.8 Å². The Kier molecular flexibility index (Phi) is 2.78. The van der Waals surface area contributed by atoms with Crippen LogP contribution >= 0.6 is 0 Å². The maximum absolute atomic E-state index is 11.3. The molecule has 0 aromatic heterocycles. The van der Waals surface area contributed by atoms with E-state index in [0.717, 1.165) is 5.56 Å². The van der Waals surface area contributed by atoms with Gasteiger partial charge in [-0.25, -0.2) is 0 Å². The molecule has 0 aliphatic rings. The van der Waals surface area contributed by atoms with Crippen molar-refractivity contribution in [1.29, 1.82) is 0 Å². The van der Waals surface area contributed by atoms with Crippen molar-refractivity contribution in [2.45, 2.75) is 11.4 Å². The van der Waals surface area contributed by atoms with Gasteiger partial charge in [-0.3, -0.25) is 4.55 Å². The first-order valence-electron chi connectivity index (χ1n) is 4.93. The summed E-state index contributed by atoms with van der Waals surface area (Å²) in [6, 6.07) is 8.21. The van der Waals surface area contributed by atoms with Crippen LogP contribution in [0.5, 0.6) is 0 Å². The van der Waals surface area contributed by atoms with Gasteiger partial charge in [0.05, 0.1) is 5.69 Å². The van der Waals surface area contributed by atoms with Crippen molar-refractivity contribution in [3.8, 4) is 0 Å². The molecule has 5 nitrogen and oxygen atoms in total. The van der Waals surface area contributed by atoms with Crippen LogP contribution in [0.4, 0.5) is 5.69 Å². The van der Waals surface area contributed by atoms with Crippen LogP contribution < -0.4 is 11.5 Å². The first-order valence-corrected chi connectivity index (χ1v) is 6.37. The van der Waals surface area contributed by atoms with Gasteiger partial charge in [0.1, 0.15) is 4.90 Å². The molecule has 2 aromatic carbocycles. The number of hydrogen-bond donors (Lipinski definition) is 3. The lowest BCUT2D eigenvalue weighted by atomic mass is 10.0. The Morgan fingerprint density at radius 2 is 1.82 bits per heavy atom. The van der Waals surface area contributed by atoms with E-state index < -0.39 is 10.1 Å². The SMILES string of the molecule is NCc1cccc2c(S(=O)(=O)O)c(N)ccc12. The third-order valence-corrected chi connectivity index (χ3v) is 3.58. The molecule has 0 bridgehead atoms. The van der Waals surface area contributed by atoms with Crippen molar-refractivity contribution in [3.63, 3.8) is 0 Å². The van der Waals surface area contributed by atoms with Gasteiger partial charge in [0, 0.05) is 11.9 Å². The third-order valence-electron chi connectivity index (χ3n) is 2.61. The van der Waals surface area contributed by atoms with E-state index in [0.29, 0.717) is 10.8 Å². The number of fused-ring (bicyclic) bond motifs is 1. The van der Waals surface area contributed by atoms with E-state index >= 15 is 0 Å². The normalized spacial score (nSPS) is 11.9. The van der Waals surface area contributed by atoms with Gasteiger partial charge in [0.25, 0.3) is 10.1 Å². The molecule has 0 radical (unpaired) electrons. The monoisotopic (exact) mass is 252 g/mol. The fourth-order valence-corrected chi connectivity index (χ4v) is 2.70. The van der Waals surface area contributed by atoms with Crippen LogP contribution in [0, 0.1) is 0 Å². The Bertz CT molecular complexity index is 680. The minimum atomic E-state index is -4.35. The van der Waals surface area contributed by atoms with E-state index in [9.17, 15) is 13.0 Å². The summed E-state index contributed by atoms with van der Waals surface area (Å²) in [6.45, 7) is 0.284. The molecule has 0 atom stereocenters. The van der Waals surface area contributed by atoms with Gasteiger partial charge in [0.15, 0.2) is 0 Å². The highest BCUT2D eigenvalue weighted by Gasteiger charge is 2.18. The fourth-order valence-electron chi connectivity index (χ4n) is 1.88. The summed E-state index contributed by atoms with van der Waals surface area (Å²) in [7, 11) is -4.35. The average molecular weight is 252 g/mol. The average Bonchev–Trinajstić information content (AvgIpc) is 2.25. The van der Waals surface area contributed by atoms with Crippen molar-refractivity contribution in [3.05, 3.63) is 35.9 Å². The van der Waals surface area contributed by atoms with E-state index in [1.165, 1.54) is 6.07 Å². The second kappa shape index (κ2) is 3.99. The number of nitrogens with two attached hydrogens (primary N) is 2. The predicted octanol–water partition coefficient (Wildman–Crippen LogP) is 1.13. The van der Waals surface area contributed by atoms with Gasteiger partial charge >= 0.3 is 0 Å². The van der Waals surface area contributed by atoms with E-state index in [1.54, 1.807) is 24.3 Å². The van der Waals surface area contributed by atoms with Gasteiger partial charge in [-0.15, -0.1) is 0 Å². The van der Waals surface area contributed by atoms with Gasteiger partial charge in [-0.2, -0.15) is 8.42 Å². The molecule has 0 heterocycles. The molecule has 0 saturated carbocycles. The van der Waals surface area contributed by atoms with Crippen LogP contribution in [0.2, 0.25) is 0 Å². The molecule has 0 amide bonds. The summed E-state index contributed by atoms with van der Waals surface area (Å²) < 4.78 is 31.8. The number of benzene rings is 2. The molecule has 2 aromatic rings. The van der Waals surface area contributed by atoms with Crippen molar-refractivity contribution < 1.29 is 13.0 Å². The summed E-state index contributed by atoms with van der Waals surface area (Å²) in [4.78, 5) is -0.259. The van der Waals surface area contributed by atoms with Gasteiger partial charge in [0.2, 0.25) is 0 Å². The van der Waals surface area contributed by atoms with E-state index in [-0.39, 0.29) is 17.1 Å². The summed E-state index contributed by atoms with van der Waals surface area (Å²) in [6.07, 6.45) is 0. The molecule has 0 spiro atoms. The second-order valence-electron chi connectivity index (χ2n) is 3.68. The van der Waals surface area contributed by atoms with Crippen molar-refractivity contribution in [1.82, 2.24) is 0 Å². The van der Waals surface area contributed by atoms with Crippen LogP contribution in [0.15, 0.2) is 35.2 Å². The molecule has 90 valence electrons. The summed E-state index contributed by atoms with van der Waals surface area (Å²) in [5.74, 6) is 0. The maximum Gasteiger partial charge on any atom is 0.297 e. The first-order chi connectivity index (χ1) is 7.95. The highest BCUT2D eigenvalue weighted by atomic mass is 32.2. The molecule has 0 saturated heterocycles. The molecule has 5 N–H and O–H groups in total. The topological polar surface area (TPSA) is 106 Å². The highest BCUT2D eigenvalue weighted by molar-refractivity contribution is 7.86. The number of hydrogen-bond acceptors (Lipinski definition) is 4. The van der Waals surface area contributed by atoms with Crippen molar-refractivity contribution >= 4 is 26.6 Å². The van der Waals surface area contributed by atoms with Crippen LogP contribution in [-0.4, -0.2) is 13.0 Å². The van der Waals surface area contributed by atoms with E-state index in [4.69, 9.17) is 11.5 Å². The minimum absolute atomic E-state index is 0.0224. The lowest BCUT2D eigenvalue weighted by Gasteiger charge is -2.09. The zero-order valence-electron chi connectivity index (χ0n) is 8.92. The molecule has 6 heteroatoms. The summed E-state index contributed by atoms with van der Waals surface area (Å²) >= 11 is 0. The quantitative estimate of drug-likeness (QED) is 0.548. The third kappa shape index (κ3) is 1.97. The van der Waals surface area contributed by atoms with Gasteiger partial charge in [-0.1, -0.05) is 24.3 Å². The Balaban J connectivity index is 2.98. The van der Waals surface area contributed by atoms with Gasteiger partial charge < -0.3 is 11.5 Å². The summed E-state index contributed by atoms with van der Waals surface area (Å²) in [5, 5.41) is 1.06. The number of rotatable bonds is 2. The zero-order valence-corrected chi connectivity index (χ0v) is 9.74. The molecule has 0 aliphatic carbocycles. The van der Waals surface area contributed by atoms with Crippen LogP contribution in [-0.2, 0) is 16.7 Å². The molecular formula is C11H12N2O3S.